The van der Waals surface area contributed by atoms with Crippen LogP contribution in [0.15, 0.2) is 24.3 Å². The molecule has 0 aliphatic heterocycles. The Morgan fingerprint density at radius 2 is 0.658 bits per heavy atom. The van der Waals surface area contributed by atoms with Gasteiger partial charge in [0.05, 0.1) is 25.4 Å². The van der Waals surface area contributed by atoms with Gasteiger partial charge in [-0.3, -0.25) is 9.59 Å². The quantitative estimate of drug-likeness (QED) is 0.0320. The lowest BCUT2D eigenvalue weighted by Crippen LogP contribution is -2.45. The van der Waals surface area contributed by atoms with E-state index < -0.39 is 12.1 Å². The molecule has 6 heteroatoms. The molecule has 2 atom stereocenters. The van der Waals surface area contributed by atoms with Crippen molar-refractivity contribution in [2.75, 3.05) is 13.2 Å². The Labute approximate surface area is 475 Å². The Kier molecular flexibility index (Phi) is 64.4. The molecule has 3 N–H and O–H groups in total. The second-order valence-electron chi connectivity index (χ2n) is 23.9. The van der Waals surface area contributed by atoms with Crippen molar-refractivity contribution in [1.29, 1.82) is 0 Å². The molecule has 0 saturated heterocycles. The second kappa shape index (κ2) is 65.9. The summed E-state index contributed by atoms with van der Waals surface area (Å²) in [5.41, 5.74) is 0. The van der Waals surface area contributed by atoms with Gasteiger partial charge in [0.15, 0.2) is 0 Å². The SMILES string of the molecule is CCCCC/C=C\C/C=C\CCCCCCCCCCCC(=O)OCCCCCCCCCCCCCCCCCCCCCCCCC(=O)NC(CO)C(O)CCCCCCCCCCCCCCCCCCCC. The summed E-state index contributed by atoms with van der Waals surface area (Å²) in [6.07, 6.45) is 82.1. The van der Waals surface area contributed by atoms with Crippen LogP contribution in [-0.2, 0) is 14.3 Å². The third-order valence-electron chi connectivity index (χ3n) is 16.3. The van der Waals surface area contributed by atoms with E-state index in [9.17, 15) is 19.8 Å². The van der Waals surface area contributed by atoms with E-state index in [2.05, 4.69) is 43.5 Å². The number of nitrogens with one attached hydrogen (secondary N) is 1. The molecule has 0 fully saturated rings. The number of carbonyl (C=O) groups excluding carboxylic acids is 2. The zero-order valence-electron chi connectivity index (χ0n) is 51.5. The van der Waals surface area contributed by atoms with Crippen molar-refractivity contribution in [3.63, 3.8) is 0 Å². The molecule has 0 radical (unpaired) electrons. The van der Waals surface area contributed by atoms with Crippen molar-refractivity contribution < 1.29 is 24.5 Å². The average molecular weight is 1070 g/mol. The van der Waals surface area contributed by atoms with Crippen LogP contribution in [0.4, 0.5) is 0 Å². The smallest absolute Gasteiger partial charge is 0.305 e. The fourth-order valence-corrected chi connectivity index (χ4v) is 11.0. The number of allylic oxidation sites excluding steroid dienone is 4. The number of aliphatic hydroxyl groups is 2. The lowest BCUT2D eigenvalue weighted by molar-refractivity contribution is -0.143. The highest BCUT2D eigenvalue weighted by Gasteiger charge is 2.20. The van der Waals surface area contributed by atoms with E-state index in [1.54, 1.807) is 0 Å². The molecule has 0 aliphatic rings. The third-order valence-corrected chi connectivity index (χ3v) is 16.3. The van der Waals surface area contributed by atoms with Crippen LogP contribution in [0.1, 0.15) is 386 Å². The summed E-state index contributed by atoms with van der Waals surface area (Å²) in [4.78, 5) is 24.6. The van der Waals surface area contributed by atoms with Crippen LogP contribution in [-0.4, -0.2) is 47.4 Å². The first-order valence-electron chi connectivity index (χ1n) is 34.6. The topological polar surface area (TPSA) is 95.9 Å². The number of esters is 1. The van der Waals surface area contributed by atoms with Gasteiger partial charge in [0, 0.05) is 12.8 Å². The maximum atomic E-state index is 12.5. The zero-order chi connectivity index (χ0) is 55.0. The second-order valence-corrected chi connectivity index (χ2v) is 23.9. The molecular formula is C70H135NO5. The molecule has 0 aromatic carbocycles. The standard InChI is InChI=1S/C70H135NO5/c1-3-5-7-9-11-13-15-17-19-21-27-32-36-40-44-48-52-56-60-64-70(75)76-65-61-57-53-49-45-41-37-33-29-26-24-23-25-28-31-35-39-43-47-51-55-59-63-69(74)71-67(66-72)68(73)62-58-54-50-46-42-38-34-30-22-20-18-16-14-12-10-8-6-4-2/h11,13,17,19,67-68,72-73H,3-10,12,14-16,18,20-66H2,1-2H3,(H,71,74)/b13-11-,19-17-. The first-order chi connectivity index (χ1) is 37.5. The summed E-state index contributed by atoms with van der Waals surface area (Å²) in [5, 5.41) is 23.4. The zero-order valence-corrected chi connectivity index (χ0v) is 51.5. The van der Waals surface area contributed by atoms with E-state index in [4.69, 9.17) is 4.74 Å². The molecular weight excluding hydrogens is 935 g/mol. The highest BCUT2D eigenvalue weighted by Crippen LogP contribution is 2.19. The number of aliphatic hydroxyl groups excluding tert-OH is 2. The minimum atomic E-state index is -0.665. The first-order valence-corrected chi connectivity index (χ1v) is 34.6. The van der Waals surface area contributed by atoms with E-state index in [1.165, 1.54) is 302 Å². The number of hydrogen-bond acceptors (Lipinski definition) is 5. The minimum absolute atomic E-state index is 0.0104. The van der Waals surface area contributed by atoms with Gasteiger partial charge in [0.2, 0.25) is 5.91 Å². The minimum Gasteiger partial charge on any atom is -0.466 e. The van der Waals surface area contributed by atoms with Crippen LogP contribution in [0, 0.1) is 0 Å². The van der Waals surface area contributed by atoms with Gasteiger partial charge in [-0.25, -0.2) is 0 Å². The van der Waals surface area contributed by atoms with E-state index in [1.807, 2.05) is 0 Å². The number of rotatable bonds is 65. The molecule has 0 saturated carbocycles. The van der Waals surface area contributed by atoms with E-state index >= 15 is 0 Å². The Bertz CT molecular complexity index is 1190. The number of carbonyl (C=O) groups is 2. The molecule has 0 aromatic rings. The van der Waals surface area contributed by atoms with Crippen LogP contribution < -0.4 is 5.32 Å². The summed E-state index contributed by atoms with van der Waals surface area (Å²) in [7, 11) is 0. The van der Waals surface area contributed by atoms with Crippen LogP contribution in [0.3, 0.4) is 0 Å². The van der Waals surface area contributed by atoms with Gasteiger partial charge in [0.1, 0.15) is 0 Å². The first kappa shape index (κ1) is 74.3. The molecule has 1 amide bonds. The van der Waals surface area contributed by atoms with E-state index in [0.717, 1.165) is 51.4 Å². The van der Waals surface area contributed by atoms with Gasteiger partial charge in [0.25, 0.3) is 0 Å². The van der Waals surface area contributed by atoms with Gasteiger partial charge < -0.3 is 20.3 Å². The Morgan fingerprint density at radius 1 is 0.368 bits per heavy atom. The highest BCUT2D eigenvalue weighted by molar-refractivity contribution is 5.76. The molecule has 76 heavy (non-hydrogen) atoms. The van der Waals surface area contributed by atoms with Crippen LogP contribution in [0.5, 0.6) is 0 Å². The summed E-state index contributed by atoms with van der Waals surface area (Å²) < 4.78 is 5.51. The lowest BCUT2D eigenvalue weighted by Gasteiger charge is -2.22. The van der Waals surface area contributed by atoms with Gasteiger partial charge >= 0.3 is 5.97 Å². The normalized spacial score (nSPS) is 12.6. The van der Waals surface area contributed by atoms with Gasteiger partial charge in [-0.05, 0) is 57.8 Å². The molecule has 0 heterocycles. The average Bonchev–Trinajstić information content (AvgIpc) is 3.42. The summed E-state index contributed by atoms with van der Waals surface area (Å²) in [6, 6.07) is -0.542. The van der Waals surface area contributed by atoms with Crippen LogP contribution >= 0.6 is 0 Å². The fourth-order valence-electron chi connectivity index (χ4n) is 11.0. The maximum absolute atomic E-state index is 12.5. The predicted molar refractivity (Wildman–Crippen MR) is 333 cm³/mol. The Hall–Kier alpha value is -1.66. The van der Waals surface area contributed by atoms with Crippen molar-refractivity contribution in [2.24, 2.45) is 0 Å². The van der Waals surface area contributed by atoms with Crippen LogP contribution in [0.2, 0.25) is 0 Å². The largest absolute Gasteiger partial charge is 0.466 e. The Morgan fingerprint density at radius 3 is 1.03 bits per heavy atom. The molecule has 0 aromatic heterocycles. The van der Waals surface area contributed by atoms with Crippen LogP contribution in [0.25, 0.3) is 0 Å². The molecule has 6 nitrogen and oxygen atoms in total. The highest BCUT2D eigenvalue weighted by atomic mass is 16.5. The fraction of sp³-hybridized carbons (Fsp3) is 0.914. The Balaban J connectivity index is 3.36. The molecule has 0 aliphatic carbocycles. The van der Waals surface area contributed by atoms with E-state index in [-0.39, 0.29) is 18.5 Å². The van der Waals surface area contributed by atoms with Crippen molar-refractivity contribution in [3.8, 4) is 0 Å². The molecule has 2 unspecified atom stereocenters. The summed E-state index contributed by atoms with van der Waals surface area (Å²) in [5.74, 6) is -0.0211. The van der Waals surface area contributed by atoms with E-state index in [0.29, 0.717) is 25.9 Å². The molecule has 0 rings (SSSR count). The molecule has 0 spiro atoms. The van der Waals surface area contributed by atoms with Crippen molar-refractivity contribution >= 4 is 11.9 Å². The number of unbranched alkanes of at least 4 members (excludes halogenated alkanes) is 50. The molecule has 450 valence electrons. The van der Waals surface area contributed by atoms with Gasteiger partial charge in [-0.1, -0.05) is 340 Å². The van der Waals surface area contributed by atoms with Gasteiger partial charge in [-0.2, -0.15) is 0 Å². The lowest BCUT2D eigenvalue weighted by atomic mass is 10.0. The number of hydrogen-bond donors (Lipinski definition) is 3. The molecule has 0 bridgehead atoms. The number of amides is 1. The van der Waals surface area contributed by atoms with Crippen molar-refractivity contribution in [2.45, 2.75) is 398 Å². The number of ether oxygens (including phenoxy) is 1. The monoisotopic (exact) mass is 1070 g/mol. The predicted octanol–water partition coefficient (Wildman–Crippen LogP) is 22.1. The van der Waals surface area contributed by atoms with Gasteiger partial charge in [-0.15, -0.1) is 0 Å². The maximum Gasteiger partial charge on any atom is 0.305 e. The van der Waals surface area contributed by atoms with Crippen molar-refractivity contribution in [1.82, 2.24) is 5.32 Å². The summed E-state index contributed by atoms with van der Waals surface area (Å²) in [6.45, 7) is 4.96. The van der Waals surface area contributed by atoms with Crippen molar-refractivity contribution in [3.05, 3.63) is 24.3 Å². The third kappa shape index (κ3) is 61.6. The summed E-state index contributed by atoms with van der Waals surface area (Å²) >= 11 is 0.